The van der Waals surface area contributed by atoms with Crippen molar-refractivity contribution in [2.45, 2.75) is 13.8 Å². The van der Waals surface area contributed by atoms with Crippen LogP contribution in [0.5, 0.6) is 5.75 Å². The van der Waals surface area contributed by atoms with Gasteiger partial charge in [0.05, 0.1) is 28.5 Å². The van der Waals surface area contributed by atoms with Crippen molar-refractivity contribution in [2.24, 2.45) is 0 Å². The highest BCUT2D eigenvalue weighted by molar-refractivity contribution is 6.37. The molecule has 0 bridgehead atoms. The smallest absolute Gasteiger partial charge is 0.255 e. The van der Waals surface area contributed by atoms with Crippen LogP contribution in [0.25, 0.3) is 0 Å². The van der Waals surface area contributed by atoms with Crippen LogP contribution in [0.15, 0.2) is 30.3 Å². The molecule has 0 aliphatic heterocycles. The first-order chi connectivity index (χ1) is 11.9. The highest BCUT2D eigenvalue weighted by atomic mass is 35.5. The largest absolute Gasteiger partial charge is 0.494 e. The Hall–Kier alpha value is -2.11. The minimum absolute atomic E-state index is 0.275. The second-order valence-electron chi connectivity index (χ2n) is 5.37. The van der Waals surface area contributed by atoms with Crippen LogP contribution >= 0.6 is 23.2 Å². The van der Waals surface area contributed by atoms with Gasteiger partial charge in [0.1, 0.15) is 0 Å². The fourth-order valence-electron chi connectivity index (χ4n) is 2.57. The second-order valence-corrected chi connectivity index (χ2v) is 6.19. The predicted molar refractivity (Wildman–Crippen MR) is 105 cm³/mol. The lowest BCUT2D eigenvalue weighted by molar-refractivity contribution is 0.102. The van der Waals surface area contributed by atoms with Gasteiger partial charge in [0.2, 0.25) is 0 Å². The van der Waals surface area contributed by atoms with E-state index in [1.165, 1.54) is 19.2 Å². The number of anilines is 3. The number of nitrogens with zero attached hydrogens (tertiary/aromatic N) is 1. The highest BCUT2D eigenvalue weighted by Gasteiger charge is 2.14. The van der Waals surface area contributed by atoms with Crippen molar-refractivity contribution >= 4 is 46.2 Å². The molecule has 0 saturated carbocycles. The van der Waals surface area contributed by atoms with Crippen molar-refractivity contribution in [3.8, 4) is 5.75 Å². The first-order valence-corrected chi connectivity index (χ1v) is 8.65. The lowest BCUT2D eigenvalue weighted by atomic mass is 10.1. The maximum absolute atomic E-state index is 12.4. The lowest BCUT2D eigenvalue weighted by Gasteiger charge is -2.23. The van der Waals surface area contributed by atoms with Gasteiger partial charge in [0.15, 0.2) is 5.75 Å². The summed E-state index contributed by atoms with van der Waals surface area (Å²) in [5.74, 6) is 0.00847. The molecule has 0 radical (unpaired) electrons. The Morgan fingerprint density at radius 3 is 2.24 bits per heavy atom. The summed E-state index contributed by atoms with van der Waals surface area (Å²) in [5.41, 5.74) is 8.60. The molecule has 25 heavy (non-hydrogen) atoms. The van der Waals surface area contributed by atoms with Gasteiger partial charge in [0, 0.05) is 24.3 Å². The van der Waals surface area contributed by atoms with Crippen molar-refractivity contribution in [3.63, 3.8) is 0 Å². The van der Waals surface area contributed by atoms with E-state index < -0.39 is 0 Å². The molecule has 0 heterocycles. The van der Waals surface area contributed by atoms with Gasteiger partial charge in [0.25, 0.3) is 5.91 Å². The summed E-state index contributed by atoms with van der Waals surface area (Å²) in [4.78, 5) is 14.6. The summed E-state index contributed by atoms with van der Waals surface area (Å²) in [6.45, 7) is 5.84. The average molecular weight is 382 g/mol. The van der Waals surface area contributed by atoms with Gasteiger partial charge < -0.3 is 20.7 Å². The maximum Gasteiger partial charge on any atom is 0.255 e. The average Bonchev–Trinajstić information content (AvgIpc) is 2.57. The minimum Gasteiger partial charge on any atom is -0.494 e. The molecular formula is C18H21Cl2N3O2. The molecule has 2 rings (SSSR count). The zero-order valence-electron chi connectivity index (χ0n) is 14.4. The molecule has 0 saturated heterocycles. The summed E-state index contributed by atoms with van der Waals surface area (Å²) >= 11 is 12.2. The third-order valence-corrected chi connectivity index (χ3v) is 4.42. The van der Waals surface area contributed by atoms with Crippen LogP contribution in [0.3, 0.4) is 0 Å². The van der Waals surface area contributed by atoms with Crippen molar-refractivity contribution in [1.29, 1.82) is 0 Å². The number of rotatable bonds is 6. The van der Waals surface area contributed by atoms with Gasteiger partial charge >= 0.3 is 0 Å². The SMILES string of the molecule is CCN(CC)c1ccc(NC(=O)c2cc(Cl)c(OC)c(Cl)c2)cc1N. The standard InChI is InChI=1S/C18H21Cl2N3O2/c1-4-23(5-2)16-7-6-12(10-15(16)21)22-18(24)11-8-13(19)17(25-3)14(20)9-11/h6-10H,4-5,21H2,1-3H3,(H,22,24). The molecule has 0 atom stereocenters. The van der Waals surface area contributed by atoms with E-state index >= 15 is 0 Å². The number of halogens is 2. The van der Waals surface area contributed by atoms with Gasteiger partial charge in [-0.1, -0.05) is 23.2 Å². The molecule has 0 spiro atoms. The Bertz CT molecular complexity index is 754. The quantitative estimate of drug-likeness (QED) is 0.712. The van der Waals surface area contributed by atoms with Crippen molar-refractivity contribution < 1.29 is 9.53 Å². The van der Waals surface area contributed by atoms with Crippen LogP contribution in [0, 0.1) is 0 Å². The number of hydrogen-bond donors (Lipinski definition) is 2. The van der Waals surface area contributed by atoms with Crippen LogP contribution in [-0.4, -0.2) is 26.1 Å². The Balaban J connectivity index is 2.22. The van der Waals surface area contributed by atoms with E-state index in [-0.39, 0.29) is 16.0 Å². The van der Waals surface area contributed by atoms with Crippen molar-refractivity contribution in [3.05, 3.63) is 45.9 Å². The molecular weight excluding hydrogens is 361 g/mol. The summed E-state index contributed by atoms with van der Waals surface area (Å²) in [5, 5.41) is 3.35. The van der Waals surface area contributed by atoms with E-state index in [1.807, 2.05) is 12.1 Å². The number of hydrogen-bond acceptors (Lipinski definition) is 4. The van der Waals surface area contributed by atoms with Crippen LogP contribution in [-0.2, 0) is 0 Å². The molecule has 7 heteroatoms. The zero-order chi connectivity index (χ0) is 18.6. The van der Waals surface area contributed by atoms with E-state index in [1.54, 1.807) is 6.07 Å². The van der Waals surface area contributed by atoms with E-state index in [9.17, 15) is 4.79 Å². The Kier molecular flexibility index (Phi) is 6.39. The van der Waals surface area contributed by atoms with Crippen molar-refractivity contribution in [2.75, 3.05) is 36.1 Å². The predicted octanol–water partition coefficient (Wildman–Crippen LogP) is 4.68. The van der Waals surface area contributed by atoms with Gasteiger partial charge in [-0.15, -0.1) is 0 Å². The summed E-state index contributed by atoms with van der Waals surface area (Å²) in [6.07, 6.45) is 0. The lowest BCUT2D eigenvalue weighted by Crippen LogP contribution is -2.23. The summed E-state index contributed by atoms with van der Waals surface area (Å²) in [6, 6.07) is 8.46. The molecule has 5 nitrogen and oxygen atoms in total. The summed E-state index contributed by atoms with van der Waals surface area (Å²) < 4.78 is 5.08. The van der Waals surface area contributed by atoms with Crippen LogP contribution in [0.1, 0.15) is 24.2 Å². The van der Waals surface area contributed by atoms with Gasteiger partial charge in [-0.3, -0.25) is 4.79 Å². The number of amides is 1. The first-order valence-electron chi connectivity index (χ1n) is 7.90. The Morgan fingerprint density at radius 2 is 1.76 bits per heavy atom. The molecule has 0 fully saturated rings. The topological polar surface area (TPSA) is 67.6 Å². The highest BCUT2D eigenvalue weighted by Crippen LogP contribution is 2.34. The van der Waals surface area contributed by atoms with E-state index in [0.29, 0.717) is 22.7 Å². The van der Waals surface area contributed by atoms with Gasteiger partial charge in [-0.2, -0.15) is 0 Å². The zero-order valence-corrected chi connectivity index (χ0v) is 15.9. The van der Waals surface area contributed by atoms with Crippen LogP contribution < -0.4 is 20.7 Å². The monoisotopic (exact) mass is 381 g/mol. The second kappa shape index (κ2) is 8.32. The molecule has 134 valence electrons. The van der Waals surface area contributed by atoms with E-state index in [4.69, 9.17) is 33.7 Å². The third-order valence-electron chi connectivity index (χ3n) is 3.85. The number of methoxy groups -OCH3 is 1. The van der Waals surface area contributed by atoms with Gasteiger partial charge in [-0.25, -0.2) is 0 Å². The fourth-order valence-corrected chi connectivity index (χ4v) is 3.22. The molecule has 2 aromatic carbocycles. The molecule has 0 unspecified atom stereocenters. The van der Waals surface area contributed by atoms with Crippen LogP contribution in [0.2, 0.25) is 10.0 Å². The maximum atomic E-state index is 12.4. The molecule has 0 aromatic heterocycles. The number of nitrogens with one attached hydrogen (secondary N) is 1. The first kappa shape index (κ1) is 19.2. The third kappa shape index (κ3) is 4.30. The number of ether oxygens (including phenoxy) is 1. The van der Waals surface area contributed by atoms with E-state index in [2.05, 4.69) is 24.1 Å². The number of carbonyl (C=O) groups is 1. The Labute approximate surface area is 157 Å². The van der Waals surface area contributed by atoms with Crippen LogP contribution in [0.4, 0.5) is 17.1 Å². The molecule has 1 amide bonds. The minimum atomic E-state index is -0.332. The normalized spacial score (nSPS) is 10.4. The number of benzene rings is 2. The molecule has 2 aromatic rings. The molecule has 0 aliphatic carbocycles. The number of carbonyl (C=O) groups excluding carboxylic acids is 1. The molecule has 0 aliphatic rings. The Morgan fingerprint density at radius 1 is 1.16 bits per heavy atom. The summed E-state index contributed by atoms with van der Waals surface area (Å²) in [7, 11) is 1.47. The fraction of sp³-hybridized carbons (Fsp3) is 0.278. The van der Waals surface area contributed by atoms with Gasteiger partial charge in [-0.05, 0) is 44.2 Å². The molecule has 3 N–H and O–H groups in total. The number of nitrogens with two attached hydrogens (primary N) is 1. The number of nitrogen functional groups attached to an aromatic ring is 1. The van der Waals surface area contributed by atoms with Crippen molar-refractivity contribution in [1.82, 2.24) is 0 Å². The van der Waals surface area contributed by atoms with E-state index in [0.717, 1.165) is 18.8 Å².